The summed E-state index contributed by atoms with van der Waals surface area (Å²) < 4.78 is 0. The number of allylic oxidation sites excluding steroid dienone is 1. The molecule has 0 aromatic heterocycles. The van der Waals surface area contributed by atoms with Gasteiger partial charge in [0.05, 0.1) is 5.60 Å². The second-order valence-corrected chi connectivity index (χ2v) is 3.70. The molecule has 0 spiro atoms. The van der Waals surface area contributed by atoms with Crippen LogP contribution < -0.4 is 0 Å². The molecule has 2 aliphatic carbocycles. The summed E-state index contributed by atoms with van der Waals surface area (Å²) in [7, 11) is 0. The van der Waals surface area contributed by atoms with Gasteiger partial charge in [0.15, 0.2) is 0 Å². The standard InChI is InChI=1S/C9H14O/c10-9-5-1-3-8(7-9)4-2-6-9/h1,5,8,10H,2-4,6-7H2. The van der Waals surface area contributed by atoms with Crippen molar-refractivity contribution in [2.45, 2.75) is 37.7 Å². The first-order chi connectivity index (χ1) is 4.79. The number of rotatable bonds is 0. The van der Waals surface area contributed by atoms with E-state index in [1.165, 1.54) is 19.3 Å². The van der Waals surface area contributed by atoms with Crippen LogP contribution in [0.4, 0.5) is 0 Å². The van der Waals surface area contributed by atoms with Crippen LogP contribution in [0.5, 0.6) is 0 Å². The van der Waals surface area contributed by atoms with E-state index in [0.717, 1.165) is 18.8 Å². The van der Waals surface area contributed by atoms with Crippen molar-refractivity contribution in [1.29, 1.82) is 0 Å². The Morgan fingerprint density at radius 1 is 1.50 bits per heavy atom. The van der Waals surface area contributed by atoms with Crippen LogP contribution in [0.3, 0.4) is 0 Å². The fourth-order valence-electron chi connectivity index (χ4n) is 2.23. The first kappa shape index (κ1) is 6.41. The van der Waals surface area contributed by atoms with Crippen LogP contribution in [0.1, 0.15) is 32.1 Å². The summed E-state index contributed by atoms with van der Waals surface area (Å²) in [5, 5.41) is 9.81. The molecule has 1 N–H and O–H groups in total. The SMILES string of the molecule is OC12C=CCC(CCC1)C2. The molecule has 0 radical (unpaired) electrons. The fraction of sp³-hybridized carbons (Fsp3) is 0.778. The lowest BCUT2D eigenvalue weighted by Gasteiger charge is -2.37. The molecule has 2 aliphatic rings. The van der Waals surface area contributed by atoms with E-state index in [4.69, 9.17) is 0 Å². The summed E-state index contributed by atoms with van der Waals surface area (Å²) in [6.45, 7) is 0. The second kappa shape index (κ2) is 2.09. The van der Waals surface area contributed by atoms with E-state index in [0.29, 0.717) is 0 Å². The third-order valence-electron chi connectivity index (χ3n) is 2.76. The molecule has 56 valence electrons. The summed E-state index contributed by atoms with van der Waals surface area (Å²) in [6.07, 6.45) is 9.89. The molecule has 0 aromatic carbocycles. The van der Waals surface area contributed by atoms with Gasteiger partial charge < -0.3 is 5.11 Å². The van der Waals surface area contributed by atoms with Crippen LogP contribution >= 0.6 is 0 Å². The lowest BCUT2D eigenvalue weighted by molar-refractivity contribution is 0.0215. The largest absolute Gasteiger partial charge is 0.386 e. The lowest BCUT2D eigenvalue weighted by Crippen LogP contribution is -2.35. The minimum absolute atomic E-state index is 0.402. The third-order valence-corrected chi connectivity index (χ3v) is 2.76. The van der Waals surface area contributed by atoms with Gasteiger partial charge in [0.1, 0.15) is 0 Å². The van der Waals surface area contributed by atoms with Crippen molar-refractivity contribution in [3.05, 3.63) is 12.2 Å². The molecule has 10 heavy (non-hydrogen) atoms. The van der Waals surface area contributed by atoms with E-state index in [2.05, 4.69) is 6.08 Å². The number of hydrogen-bond donors (Lipinski definition) is 1. The maximum atomic E-state index is 9.81. The maximum absolute atomic E-state index is 9.81. The van der Waals surface area contributed by atoms with Gasteiger partial charge in [0.2, 0.25) is 0 Å². The van der Waals surface area contributed by atoms with Crippen LogP contribution in [-0.2, 0) is 0 Å². The lowest BCUT2D eigenvalue weighted by atomic mass is 9.73. The van der Waals surface area contributed by atoms with Gasteiger partial charge in [-0.05, 0) is 38.0 Å². The summed E-state index contributed by atoms with van der Waals surface area (Å²) >= 11 is 0. The number of aliphatic hydroxyl groups is 1. The quantitative estimate of drug-likeness (QED) is 0.507. The van der Waals surface area contributed by atoms with E-state index < -0.39 is 5.60 Å². The first-order valence-corrected chi connectivity index (χ1v) is 4.19. The molecule has 0 amide bonds. The van der Waals surface area contributed by atoms with Crippen molar-refractivity contribution in [2.75, 3.05) is 0 Å². The highest BCUT2D eigenvalue weighted by Gasteiger charge is 2.33. The van der Waals surface area contributed by atoms with E-state index >= 15 is 0 Å². The number of fused-ring (bicyclic) bond motifs is 2. The summed E-state index contributed by atoms with van der Waals surface area (Å²) in [4.78, 5) is 0. The third kappa shape index (κ3) is 0.988. The highest BCUT2D eigenvalue weighted by atomic mass is 16.3. The molecule has 1 saturated carbocycles. The second-order valence-electron chi connectivity index (χ2n) is 3.70. The molecule has 0 aromatic rings. The predicted molar refractivity (Wildman–Crippen MR) is 40.7 cm³/mol. The Bertz CT molecular complexity index is 162. The minimum atomic E-state index is -0.402. The Labute approximate surface area is 61.8 Å². The van der Waals surface area contributed by atoms with Crippen molar-refractivity contribution < 1.29 is 5.11 Å². The Balaban J connectivity index is 2.20. The van der Waals surface area contributed by atoms with Crippen molar-refractivity contribution in [3.8, 4) is 0 Å². The van der Waals surface area contributed by atoms with Crippen molar-refractivity contribution in [3.63, 3.8) is 0 Å². The van der Waals surface area contributed by atoms with Crippen LogP contribution in [0, 0.1) is 5.92 Å². The zero-order valence-corrected chi connectivity index (χ0v) is 6.21. The molecule has 2 unspecified atom stereocenters. The monoisotopic (exact) mass is 138 g/mol. The van der Waals surface area contributed by atoms with Crippen LogP contribution in [0.25, 0.3) is 0 Å². The Morgan fingerprint density at radius 3 is 3.10 bits per heavy atom. The normalized spacial score (nSPS) is 45.5. The first-order valence-electron chi connectivity index (χ1n) is 4.19. The molecule has 1 nitrogen and oxygen atoms in total. The van der Waals surface area contributed by atoms with Gasteiger partial charge in [-0.3, -0.25) is 0 Å². The highest BCUT2D eigenvalue weighted by molar-refractivity contribution is 5.08. The summed E-state index contributed by atoms with van der Waals surface area (Å²) in [5.41, 5.74) is -0.402. The molecule has 2 rings (SSSR count). The maximum Gasteiger partial charge on any atom is 0.0830 e. The summed E-state index contributed by atoms with van der Waals surface area (Å²) in [6, 6.07) is 0. The van der Waals surface area contributed by atoms with E-state index in [1.54, 1.807) is 0 Å². The topological polar surface area (TPSA) is 20.2 Å². The average Bonchev–Trinajstić information content (AvgIpc) is 1.86. The molecule has 1 heteroatoms. The van der Waals surface area contributed by atoms with Gasteiger partial charge in [-0.25, -0.2) is 0 Å². The van der Waals surface area contributed by atoms with E-state index in [9.17, 15) is 5.11 Å². The Kier molecular flexibility index (Phi) is 1.34. The van der Waals surface area contributed by atoms with E-state index in [-0.39, 0.29) is 0 Å². The van der Waals surface area contributed by atoms with Crippen molar-refractivity contribution in [1.82, 2.24) is 0 Å². The van der Waals surface area contributed by atoms with E-state index in [1.807, 2.05) is 6.08 Å². The zero-order chi connectivity index (χ0) is 7.03. The smallest absolute Gasteiger partial charge is 0.0830 e. The predicted octanol–water partition coefficient (Wildman–Crippen LogP) is 1.87. The molecule has 2 atom stereocenters. The molecular formula is C9H14O. The number of hydrogen-bond acceptors (Lipinski definition) is 1. The van der Waals surface area contributed by atoms with Gasteiger partial charge in [0.25, 0.3) is 0 Å². The average molecular weight is 138 g/mol. The van der Waals surface area contributed by atoms with Gasteiger partial charge in [-0.1, -0.05) is 12.2 Å². The fourth-order valence-corrected chi connectivity index (χ4v) is 2.23. The van der Waals surface area contributed by atoms with Gasteiger partial charge >= 0.3 is 0 Å². The van der Waals surface area contributed by atoms with Crippen molar-refractivity contribution in [2.24, 2.45) is 5.92 Å². The molecule has 0 heterocycles. The van der Waals surface area contributed by atoms with Crippen LogP contribution in [0.2, 0.25) is 0 Å². The molecular weight excluding hydrogens is 124 g/mol. The minimum Gasteiger partial charge on any atom is -0.386 e. The Hall–Kier alpha value is -0.300. The molecule has 1 fully saturated rings. The molecule has 2 bridgehead atoms. The van der Waals surface area contributed by atoms with Crippen LogP contribution in [-0.4, -0.2) is 10.7 Å². The van der Waals surface area contributed by atoms with Gasteiger partial charge in [0, 0.05) is 0 Å². The van der Waals surface area contributed by atoms with Crippen molar-refractivity contribution >= 4 is 0 Å². The molecule has 0 saturated heterocycles. The van der Waals surface area contributed by atoms with Crippen LogP contribution in [0.15, 0.2) is 12.2 Å². The van der Waals surface area contributed by atoms with Gasteiger partial charge in [-0.2, -0.15) is 0 Å². The highest BCUT2D eigenvalue weighted by Crippen LogP contribution is 2.38. The summed E-state index contributed by atoms with van der Waals surface area (Å²) in [5.74, 6) is 0.781. The molecule has 0 aliphatic heterocycles. The Morgan fingerprint density at radius 2 is 2.40 bits per heavy atom. The van der Waals surface area contributed by atoms with Gasteiger partial charge in [-0.15, -0.1) is 0 Å². The zero-order valence-electron chi connectivity index (χ0n) is 6.21.